The molecule has 0 bridgehead atoms. The molecule has 0 aliphatic rings. The summed E-state index contributed by atoms with van der Waals surface area (Å²) in [6, 6.07) is -0.251. The van der Waals surface area contributed by atoms with E-state index in [2.05, 4.69) is 29.5 Å². The zero-order valence-electron chi connectivity index (χ0n) is 11.3. The molecule has 0 saturated heterocycles. The molecule has 1 rings (SSSR count). The number of rotatable bonds is 6. The Hall–Kier alpha value is -1.07. The Labute approximate surface area is 113 Å². The maximum atomic E-state index is 11.7. The van der Waals surface area contributed by atoms with Gasteiger partial charge in [-0.3, -0.25) is 10.1 Å². The fraction of sp³-hybridized carbons (Fsp3) is 0.667. The van der Waals surface area contributed by atoms with Crippen LogP contribution in [0.2, 0.25) is 5.15 Å². The largest absolute Gasteiger partial charge is 0.354 e. The monoisotopic (exact) mass is 272 g/mol. The van der Waals surface area contributed by atoms with Crippen LogP contribution in [0.1, 0.15) is 26.6 Å². The fourth-order valence-corrected chi connectivity index (χ4v) is 1.53. The van der Waals surface area contributed by atoms with Gasteiger partial charge in [0.2, 0.25) is 5.91 Å². The van der Waals surface area contributed by atoms with Gasteiger partial charge in [0, 0.05) is 13.6 Å². The molecule has 1 heterocycles. The maximum Gasteiger partial charge on any atom is 0.236 e. The van der Waals surface area contributed by atoms with Crippen LogP contribution in [0.4, 0.5) is 0 Å². The number of carbonyl (C=O) groups excluding carboxylic acids is 1. The summed E-state index contributed by atoms with van der Waals surface area (Å²) in [5.41, 5.74) is 0. The van der Waals surface area contributed by atoms with E-state index in [4.69, 9.17) is 11.6 Å². The summed E-state index contributed by atoms with van der Waals surface area (Å²) in [6.45, 7) is 7.17. The molecule has 0 aliphatic carbocycles. The van der Waals surface area contributed by atoms with Crippen LogP contribution < -0.4 is 10.6 Å². The highest BCUT2D eigenvalue weighted by Gasteiger charge is 2.13. The first-order valence-corrected chi connectivity index (χ1v) is 6.46. The highest BCUT2D eigenvalue weighted by molar-refractivity contribution is 6.29. The lowest BCUT2D eigenvalue weighted by Gasteiger charge is -2.15. The predicted molar refractivity (Wildman–Crippen MR) is 72.4 cm³/mol. The van der Waals surface area contributed by atoms with Crippen molar-refractivity contribution in [3.8, 4) is 0 Å². The number of nitrogens with zero attached hydrogens (tertiary/aromatic N) is 2. The number of amides is 1. The molecule has 18 heavy (non-hydrogen) atoms. The standard InChI is InChI=1S/C12H21ClN4O/c1-8(2)5-16-12(18)9(3)14-7-11-15-6-10(13)17(11)4/h6,8-9,14H,5,7H2,1-4H3,(H,16,18). The summed E-state index contributed by atoms with van der Waals surface area (Å²) < 4.78 is 1.79. The maximum absolute atomic E-state index is 11.7. The molecule has 0 spiro atoms. The molecule has 0 saturated carbocycles. The molecular weight excluding hydrogens is 252 g/mol. The number of aromatic nitrogens is 2. The van der Waals surface area contributed by atoms with Gasteiger partial charge < -0.3 is 9.88 Å². The first-order chi connectivity index (χ1) is 8.41. The lowest BCUT2D eigenvalue weighted by Crippen LogP contribution is -2.43. The average molecular weight is 273 g/mol. The zero-order chi connectivity index (χ0) is 13.7. The van der Waals surface area contributed by atoms with Crippen LogP contribution in [0, 0.1) is 5.92 Å². The van der Waals surface area contributed by atoms with Crippen LogP contribution in [0.3, 0.4) is 0 Å². The average Bonchev–Trinajstić information content (AvgIpc) is 2.64. The summed E-state index contributed by atoms with van der Waals surface area (Å²) in [5.74, 6) is 1.27. The van der Waals surface area contributed by atoms with Crippen molar-refractivity contribution in [2.24, 2.45) is 13.0 Å². The SMILES string of the molecule is CC(C)CNC(=O)C(C)NCc1ncc(Cl)n1C. The van der Waals surface area contributed by atoms with Crippen LogP contribution in [0.25, 0.3) is 0 Å². The molecule has 6 heteroatoms. The van der Waals surface area contributed by atoms with Crippen LogP contribution in [-0.4, -0.2) is 28.0 Å². The van der Waals surface area contributed by atoms with Crippen molar-refractivity contribution in [1.29, 1.82) is 0 Å². The molecule has 102 valence electrons. The van der Waals surface area contributed by atoms with Crippen molar-refractivity contribution >= 4 is 17.5 Å². The van der Waals surface area contributed by atoms with Crippen LogP contribution in [-0.2, 0) is 18.4 Å². The number of imidazole rings is 1. The number of hydrogen-bond acceptors (Lipinski definition) is 3. The third kappa shape index (κ3) is 4.31. The van der Waals surface area contributed by atoms with Gasteiger partial charge in [-0.15, -0.1) is 0 Å². The van der Waals surface area contributed by atoms with Gasteiger partial charge >= 0.3 is 0 Å². The van der Waals surface area contributed by atoms with E-state index in [-0.39, 0.29) is 11.9 Å². The van der Waals surface area contributed by atoms with E-state index in [9.17, 15) is 4.79 Å². The van der Waals surface area contributed by atoms with Crippen LogP contribution in [0.15, 0.2) is 6.20 Å². The number of nitrogens with one attached hydrogen (secondary N) is 2. The quantitative estimate of drug-likeness (QED) is 0.821. The van der Waals surface area contributed by atoms with E-state index in [1.165, 1.54) is 0 Å². The Kier molecular flexibility index (Phi) is 5.62. The zero-order valence-corrected chi connectivity index (χ0v) is 12.1. The topological polar surface area (TPSA) is 59.0 Å². The van der Waals surface area contributed by atoms with Crippen molar-refractivity contribution in [3.05, 3.63) is 17.2 Å². The number of hydrogen-bond donors (Lipinski definition) is 2. The van der Waals surface area contributed by atoms with Crippen molar-refractivity contribution in [3.63, 3.8) is 0 Å². The Bertz CT molecular complexity index is 403. The van der Waals surface area contributed by atoms with E-state index < -0.39 is 0 Å². The minimum absolute atomic E-state index is 0.00371. The molecule has 1 aromatic rings. The summed E-state index contributed by atoms with van der Waals surface area (Å²) in [7, 11) is 1.84. The third-order valence-corrected chi connectivity index (χ3v) is 3.02. The molecular formula is C12H21ClN4O. The van der Waals surface area contributed by atoms with Crippen molar-refractivity contribution in [2.75, 3.05) is 6.54 Å². The molecule has 1 amide bonds. The van der Waals surface area contributed by atoms with Gasteiger partial charge in [0.25, 0.3) is 0 Å². The molecule has 5 nitrogen and oxygen atoms in total. The molecule has 0 aliphatic heterocycles. The van der Waals surface area contributed by atoms with E-state index in [1.54, 1.807) is 10.8 Å². The summed E-state index contributed by atoms with van der Waals surface area (Å²) in [5, 5.41) is 6.59. The van der Waals surface area contributed by atoms with E-state index in [0.717, 1.165) is 5.82 Å². The number of carbonyl (C=O) groups is 1. The lowest BCUT2D eigenvalue weighted by atomic mass is 10.2. The Morgan fingerprint density at radius 3 is 2.67 bits per heavy atom. The van der Waals surface area contributed by atoms with Gasteiger partial charge in [0.15, 0.2) is 0 Å². The summed E-state index contributed by atoms with van der Waals surface area (Å²) >= 11 is 5.89. The fourth-order valence-electron chi connectivity index (χ4n) is 1.38. The molecule has 0 aromatic carbocycles. The summed E-state index contributed by atoms with van der Waals surface area (Å²) in [6.07, 6.45) is 1.60. The second kappa shape index (κ2) is 6.75. The van der Waals surface area contributed by atoms with E-state index in [1.807, 2.05) is 14.0 Å². The van der Waals surface area contributed by atoms with Gasteiger partial charge in [-0.25, -0.2) is 4.98 Å². The molecule has 0 radical (unpaired) electrons. The highest BCUT2D eigenvalue weighted by Crippen LogP contribution is 2.08. The molecule has 1 atom stereocenters. The number of halogens is 1. The summed E-state index contributed by atoms with van der Waals surface area (Å²) in [4.78, 5) is 15.9. The highest BCUT2D eigenvalue weighted by atomic mass is 35.5. The van der Waals surface area contributed by atoms with E-state index in [0.29, 0.717) is 24.2 Å². The first kappa shape index (κ1) is 15.0. The van der Waals surface area contributed by atoms with Crippen molar-refractivity contribution in [1.82, 2.24) is 20.2 Å². The Balaban J connectivity index is 2.39. The normalized spacial score (nSPS) is 12.8. The van der Waals surface area contributed by atoms with Gasteiger partial charge in [-0.2, -0.15) is 0 Å². The van der Waals surface area contributed by atoms with Gasteiger partial charge in [-0.05, 0) is 12.8 Å². The molecule has 1 aromatic heterocycles. The second-order valence-corrected chi connectivity index (χ2v) is 5.19. The van der Waals surface area contributed by atoms with Gasteiger partial charge in [0.05, 0.1) is 18.8 Å². The predicted octanol–water partition coefficient (Wildman–Crippen LogP) is 1.32. The van der Waals surface area contributed by atoms with Gasteiger partial charge in [-0.1, -0.05) is 25.4 Å². The Morgan fingerprint density at radius 2 is 2.17 bits per heavy atom. The smallest absolute Gasteiger partial charge is 0.236 e. The van der Waals surface area contributed by atoms with Crippen molar-refractivity contribution in [2.45, 2.75) is 33.4 Å². The minimum atomic E-state index is -0.251. The van der Waals surface area contributed by atoms with Crippen LogP contribution in [0.5, 0.6) is 0 Å². The second-order valence-electron chi connectivity index (χ2n) is 4.80. The molecule has 2 N–H and O–H groups in total. The molecule has 0 fully saturated rings. The van der Waals surface area contributed by atoms with E-state index >= 15 is 0 Å². The lowest BCUT2D eigenvalue weighted by molar-refractivity contribution is -0.122. The third-order valence-electron chi connectivity index (χ3n) is 2.67. The Morgan fingerprint density at radius 1 is 1.50 bits per heavy atom. The molecule has 1 unspecified atom stereocenters. The first-order valence-electron chi connectivity index (χ1n) is 6.09. The van der Waals surface area contributed by atoms with Gasteiger partial charge in [0.1, 0.15) is 11.0 Å². The van der Waals surface area contributed by atoms with Crippen molar-refractivity contribution < 1.29 is 4.79 Å². The minimum Gasteiger partial charge on any atom is -0.354 e. The van der Waals surface area contributed by atoms with Crippen LogP contribution >= 0.6 is 11.6 Å².